The standard InChI is InChI=1S/C17H26N4S/c1-13-8-10-21(11-9-13)16-7-6-15(12-18-16)20-17(22)19-14-4-2-3-5-14/h6-7,12-14H,2-5,8-11H2,1H3,(H2,19,20,22). The summed E-state index contributed by atoms with van der Waals surface area (Å²) in [5.74, 6) is 1.92. The van der Waals surface area contributed by atoms with Gasteiger partial charge in [0.1, 0.15) is 5.82 Å². The molecule has 0 amide bonds. The smallest absolute Gasteiger partial charge is 0.171 e. The number of anilines is 2. The Hall–Kier alpha value is -1.36. The molecule has 0 unspecified atom stereocenters. The summed E-state index contributed by atoms with van der Waals surface area (Å²) in [7, 11) is 0. The minimum absolute atomic E-state index is 0.544. The van der Waals surface area contributed by atoms with E-state index < -0.39 is 0 Å². The Bertz CT molecular complexity index is 488. The van der Waals surface area contributed by atoms with Gasteiger partial charge >= 0.3 is 0 Å². The maximum absolute atomic E-state index is 5.38. The third-order valence-electron chi connectivity index (χ3n) is 4.80. The van der Waals surface area contributed by atoms with Crippen LogP contribution in [0, 0.1) is 5.92 Å². The summed E-state index contributed by atoms with van der Waals surface area (Å²) < 4.78 is 0. The first-order valence-corrected chi connectivity index (χ1v) is 8.90. The maximum Gasteiger partial charge on any atom is 0.171 e. The van der Waals surface area contributed by atoms with Crippen molar-refractivity contribution in [3.63, 3.8) is 0 Å². The second-order valence-corrected chi connectivity index (χ2v) is 7.06. The molecule has 2 aliphatic rings. The summed E-state index contributed by atoms with van der Waals surface area (Å²) in [4.78, 5) is 6.96. The number of hydrogen-bond donors (Lipinski definition) is 2. The maximum atomic E-state index is 5.38. The van der Waals surface area contributed by atoms with Crippen LogP contribution in [0.3, 0.4) is 0 Å². The Labute approximate surface area is 138 Å². The normalized spacial score (nSPS) is 20.1. The Morgan fingerprint density at radius 2 is 1.91 bits per heavy atom. The lowest BCUT2D eigenvalue weighted by molar-refractivity contribution is 0.436. The molecule has 1 aromatic rings. The Morgan fingerprint density at radius 3 is 2.55 bits per heavy atom. The highest BCUT2D eigenvalue weighted by Crippen LogP contribution is 2.22. The first-order valence-electron chi connectivity index (χ1n) is 8.49. The van der Waals surface area contributed by atoms with Crippen molar-refractivity contribution in [3.05, 3.63) is 18.3 Å². The molecule has 0 spiro atoms. The number of rotatable bonds is 3. The second-order valence-electron chi connectivity index (χ2n) is 6.65. The van der Waals surface area contributed by atoms with E-state index in [0.29, 0.717) is 11.2 Å². The average Bonchev–Trinajstić information content (AvgIpc) is 3.02. The molecule has 2 fully saturated rings. The van der Waals surface area contributed by atoms with E-state index in [0.717, 1.165) is 30.5 Å². The molecule has 1 saturated heterocycles. The molecule has 1 aromatic heterocycles. The molecule has 1 aliphatic carbocycles. The molecule has 0 radical (unpaired) electrons. The second kappa shape index (κ2) is 7.27. The minimum Gasteiger partial charge on any atom is -0.360 e. The third kappa shape index (κ3) is 4.09. The van der Waals surface area contributed by atoms with E-state index in [1.165, 1.54) is 38.5 Å². The van der Waals surface area contributed by atoms with E-state index in [2.05, 4.69) is 39.6 Å². The summed E-state index contributed by atoms with van der Waals surface area (Å²) in [5.41, 5.74) is 0.963. The molecular formula is C17H26N4S. The molecule has 2 heterocycles. The Balaban J connectivity index is 1.51. The molecule has 120 valence electrons. The number of nitrogens with zero attached hydrogens (tertiary/aromatic N) is 2. The summed E-state index contributed by atoms with van der Waals surface area (Å²) in [6.45, 7) is 4.56. The van der Waals surface area contributed by atoms with Gasteiger partial charge in [-0.2, -0.15) is 0 Å². The predicted molar refractivity (Wildman–Crippen MR) is 96.5 cm³/mol. The highest BCUT2D eigenvalue weighted by molar-refractivity contribution is 7.80. The molecular weight excluding hydrogens is 292 g/mol. The van der Waals surface area contributed by atoms with Crippen molar-refractivity contribution in [2.24, 2.45) is 5.92 Å². The van der Waals surface area contributed by atoms with Crippen LogP contribution in [0.4, 0.5) is 11.5 Å². The van der Waals surface area contributed by atoms with Gasteiger partial charge in [-0.25, -0.2) is 4.98 Å². The SMILES string of the molecule is CC1CCN(c2ccc(NC(=S)NC3CCCC3)cn2)CC1. The topological polar surface area (TPSA) is 40.2 Å². The average molecular weight is 318 g/mol. The van der Waals surface area contributed by atoms with Crippen LogP contribution in [0.5, 0.6) is 0 Å². The van der Waals surface area contributed by atoms with Crippen molar-refractivity contribution >= 4 is 28.8 Å². The van der Waals surface area contributed by atoms with Gasteiger partial charge in [-0.15, -0.1) is 0 Å². The van der Waals surface area contributed by atoms with Crippen LogP contribution in [-0.4, -0.2) is 29.2 Å². The zero-order chi connectivity index (χ0) is 15.4. The largest absolute Gasteiger partial charge is 0.360 e. The van der Waals surface area contributed by atoms with Gasteiger partial charge in [0.2, 0.25) is 0 Å². The van der Waals surface area contributed by atoms with Crippen molar-refractivity contribution in [2.45, 2.75) is 51.5 Å². The fourth-order valence-electron chi connectivity index (χ4n) is 3.31. The van der Waals surface area contributed by atoms with Crippen molar-refractivity contribution in [1.82, 2.24) is 10.3 Å². The lowest BCUT2D eigenvalue weighted by Gasteiger charge is -2.31. The lowest BCUT2D eigenvalue weighted by atomic mass is 9.99. The van der Waals surface area contributed by atoms with Crippen LogP contribution in [0.25, 0.3) is 0 Å². The van der Waals surface area contributed by atoms with Gasteiger partial charge in [-0.3, -0.25) is 0 Å². The number of aromatic nitrogens is 1. The van der Waals surface area contributed by atoms with Crippen LogP contribution in [0.15, 0.2) is 18.3 Å². The highest BCUT2D eigenvalue weighted by Gasteiger charge is 2.17. The number of hydrogen-bond acceptors (Lipinski definition) is 3. The van der Waals surface area contributed by atoms with Gasteiger partial charge in [0.25, 0.3) is 0 Å². The van der Waals surface area contributed by atoms with Gasteiger partial charge in [-0.1, -0.05) is 19.8 Å². The first-order chi connectivity index (χ1) is 10.7. The molecule has 1 aliphatic heterocycles. The number of pyridine rings is 1. The molecule has 0 aromatic carbocycles. The van der Waals surface area contributed by atoms with E-state index in [1.807, 2.05) is 6.20 Å². The Morgan fingerprint density at radius 1 is 1.18 bits per heavy atom. The summed E-state index contributed by atoms with van der Waals surface area (Å²) in [5, 5.41) is 7.35. The first kappa shape index (κ1) is 15.5. The van der Waals surface area contributed by atoms with Crippen molar-refractivity contribution < 1.29 is 0 Å². The quantitative estimate of drug-likeness (QED) is 0.834. The molecule has 0 atom stereocenters. The van der Waals surface area contributed by atoms with Crippen LogP contribution in [0.2, 0.25) is 0 Å². The Kier molecular flexibility index (Phi) is 5.13. The van der Waals surface area contributed by atoms with Crippen LogP contribution in [-0.2, 0) is 0 Å². The van der Waals surface area contributed by atoms with Crippen LogP contribution < -0.4 is 15.5 Å². The van der Waals surface area contributed by atoms with E-state index in [9.17, 15) is 0 Å². The number of nitrogens with one attached hydrogen (secondary N) is 2. The van der Waals surface area contributed by atoms with Gasteiger partial charge < -0.3 is 15.5 Å². The summed E-state index contributed by atoms with van der Waals surface area (Å²) in [6.07, 6.45) is 9.49. The molecule has 22 heavy (non-hydrogen) atoms. The summed E-state index contributed by atoms with van der Waals surface area (Å²) in [6, 6.07) is 4.71. The van der Waals surface area contributed by atoms with E-state index in [1.54, 1.807) is 0 Å². The van der Waals surface area contributed by atoms with Gasteiger partial charge in [0, 0.05) is 19.1 Å². The van der Waals surface area contributed by atoms with Gasteiger partial charge in [-0.05, 0) is 56.0 Å². The van der Waals surface area contributed by atoms with Gasteiger partial charge in [0.15, 0.2) is 5.11 Å². The van der Waals surface area contributed by atoms with Crippen molar-refractivity contribution in [3.8, 4) is 0 Å². The molecule has 2 N–H and O–H groups in total. The number of piperidine rings is 1. The number of thiocarbonyl (C=S) groups is 1. The molecule has 3 rings (SSSR count). The zero-order valence-electron chi connectivity index (χ0n) is 13.3. The van der Waals surface area contributed by atoms with Crippen molar-refractivity contribution in [1.29, 1.82) is 0 Å². The minimum atomic E-state index is 0.544. The molecule has 0 bridgehead atoms. The predicted octanol–water partition coefficient (Wildman–Crippen LogP) is 3.55. The lowest BCUT2D eigenvalue weighted by Crippen LogP contribution is -2.36. The van der Waals surface area contributed by atoms with E-state index in [-0.39, 0.29) is 0 Å². The van der Waals surface area contributed by atoms with Crippen LogP contribution in [0.1, 0.15) is 45.4 Å². The third-order valence-corrected chi connectivity index (χ3v) is 5.02. The van der Waals surface area contributed by atoms with E-state index in [4.69, 9.17) is 12.2 Å². The fourth-order valence-corrected chi connectivity index (χ4v) is 3.59. The molecule has 4 nitrogen and oxygen atoms in total. The fraction of sp³-hybridized carbons (Fsp3) is 0.647. The highest BCUT2D eigenvalue weighted by atomic mass is 32.1. The molecule has 5 heteroatoms. The van der Waals surface area contributed by atoms with Crippen LogP contribution >= 0.6 is 12.2 Å². The summed E-state index contributed by atoms with van der Waals surface area (Å²) >= 11 is 5.38. The zero-order valence-corrected chi connectivity index (χ0v) is 14.2. The molecule has 1 saturated carbocycles. The monoisotopic (exact) mass is 318 g/mol. The van der Waals surface area contributed by atoms with Crippen molar-refractivity contribution in [2.75, 3.05) is 23.3 Å². The van der Waals surface area contributed by atoms with Gasteiger partial charge in [0.05, 0.1) is 11.9 Å². The van der Waals surface area contributed by atoms with E-state index >= 15 is 0 Å².